The predicted octanol–water partition coefficient (Wildman–Crippen LogP) is 8.43. The first-order chi connectivity index (χ1) is 21.3. The van der Waals surface area contributed by atoms with Gasteiger partial charge in [-0.1, -0.05) is 107 Å². The van der Waals surface area contributed by atoms with E-state index in [-0.39, 0.29) is 32.6 Å². The molecule has 254 valence electrons. The van der Waals surface area contributed by atoms with Gasteiger partial charge in [0.15, 0.2) is 6.10 Å². The van der Waals surface area contributed by atoms with Crippen LogP contribution in [0.3, 0.4) is 0 Å². The van der Waals surface area contributed by atoms with Crippen molar-refractivity contribution < 1.29 is 37.6 Å². The smallest absolute Gasteiger partial charge is 0.462 e. The van der Waals surface area contributed by atoms with E-state index in [0.29, 0.717) is 12.8 Å². The molecule has 0 saturated heterocycles. The Labute approximate surface area is 266 Å². The van der Waals surface area contributed by atoms with Gasteiger partial charge in [-0.05, 0) is 51.4 Å². The fourth-order valence-corrected chi connectivity index (χ4v) is 4.80. The summed E-state index contributed by atoms with van der Waals surface area (Å²) >= 11 is 0. The predicted molar refractivity (Wildman–Crippen MR) is 178 cm³/mol. The van der Waals surface area contributed by atoms with Gasteiger partial charge in [0.05, 0.1) is 13.2 Å². The number of carbonyl (C=O) groups is 2. The normalized spacial score (nSPS) is 14.2. The summed E-state index contributed by atoms with van der Waals surface area (Å²) in [6.07, 6.45) is 31.6. The van der Waals surface area contributed by atoms with Crippen LogP contribution in [-0.2, 0) is 32.7 Å². The molecule has 0 radical (unpaired) electrons. The summed E-state index contributed by atoms with van der Waals surface area (Å²) in [5.74, 6) is -0.889. The first kappa shape index (κ1) is 42.0. The second kappa shape index (κ2) is 31.0. The Hall–Kier alpha value is -2.03. The van der Waals surface area contributed by atoms with Crippen molar-refractivity contribution in [3.8, 4) is 0 Å². The maximum absolute atomic E-state index is 12.4. The number of esters is 2. The quantitative estimate of drug-likeness (QED) is 0.0343. The number of rotatable bonds is 30. The van der Waals surface area contributed by atoms with Gasteiger partial charge >= 0.3 is 19.8 Å². The van der Waals surface area contributed by atoms with E-state index >= 15 is 0 Å². The lowest BCUT2D eigenvalue weighted by Crippen LogP contribution is -2.29. The molecule has 10 heteroatoms. The third-order valence-corrected chi connectivity index (χ3v) is 7.46. The fraction of sp³-hybridized carbons (Fsp3) is 0.706. The van der Waals surface area contributed by atoms with Crippen LogP contribution in [0.2, 0.25) is 0 Å². The highest BCUT2D eigenvalue weighted by molar-refractivity contribution is 7.47. The van der Waals surface area contributed by atoms with E-state index in [0.717, 1.165) is 57.8 Å². The Morgan fingerprint density at radius 1 is 0.705 bits per heavy atom. The van der Waals surface area contributed by atoms with Gasteiger partial charge in [-0.3, -0.25) is 18.6 Å². The van der Waals surface area contributed by atoms with Gasteiger partial charge in [0.2, 0.25) is 0 Å². The van der Waals surface area contributed by atoms with Crippen LogP contribution in [0.5, 0.6) is 0 Å². The molecule has 0 aliphatic rings. The number of allylic oxidation sites excluding steroid dienone is 8. The molecular formula is C34H60NO8P. The van der Waals surface area contributed by atoms with E-state index in [4.69, 9.17) is 24.3 Å². The minimum atomic E-state index is -4.37. The van der Waals surface area contributed by atoms with E-state index in [1.165, 1.54) is 25.7 Å². The van der Waals surface area contributed by atoms with Gasteiger partial charge < -0.3 is 20.1 Å². The average Bonchev–Trinajstić information content (AvgIpc) is 3.00. The van der Waals surface area contributed by atoms with Crippen molar-refractivity contribution in [1.29, 1.82) is 0 Å². The number of hydrogen-bond donors (Lipinski definition) is 2. The molecule has 0 aromatic heterocycles. The van der Waals surface area contributed by atoms with E-state index in [1.54, 1.807) is 0 Å². The molecule has 0 aromatic rings. The van der Waals surface area contributed by atoms with Crippen molar-refractivity contribution in [3.05, 3.63) is 48.6 Å². The maximum atomic E-state index is 12.4. The Morgan fingerprint density at radius 2 is 1.25 bits per heavy atom. The molecule has 0 amide bonds. The number of carbonyl (C=O) groups excluding carboxylic acids is 2. The molecule has 0 rings (SSSR count). The standard InChI is InChI=1S/C34H60NO8P/c1-3-5-7-9-11-13-14-15-16-17-18-19-21-22-24-26-33(36)40-30-32(31-42-44(38,39)41-29-28-35)43-34(37)27-25-23-20-12-10-8-6-4-2/h5,7,11,13,15-16,18-19,32H,3-4,6,8-10,12,14,17,20-31,35H2,1-2H3,(H,38,39)/b7-5+,13-11+,16-15+,19-18+/t32-/m0/s1. The van der Waals surface area contributed by atoms with E-state index in [9.17, 15) is 19.0 Å². The van der Waals surface area contributed by atoms with Gasteiger partial charge in [-0.2, -0.15) is 0 Å². The highest BCUT2D eigenvalue weighted by Gasteiger charge is 2.25. The lowest BCUT2D eigenvalue weighted by atomic mass is 10.1. The molecule has 44 heavy (non-hydrogen) atoms. The van der Waals surface area contributed by atoms with Gasteiger partial charge in [0, 0.05) is 19.4 Å². The minimum Gasteiger partial charge on any atom is -0.462 e. The van der Waals surface area contributed by atoms with Gasteiger partial charge in [-0.25, -0.2) is 4.57 Å². The van der Waals surface area contributed by atoms with Crippen LogP contribution in [0.4, 0.5) is 0 Å². The molecular weight excluding hydrogens is 581 g/mol. The highest BCUT2D eigenvalue weighted by atomic mass is 31.2. The summed E-state index contributed by atoms with van der Waals surface area (Å²) in [7, 11) is -4.37. The van der Waals surface area contributed by atoms with Gasteiger partial charge in [-0.15, -0.1) is 0 Å². The first-order valence-corrected chi connectivity index (χ1v) is 18.1. The Morgan fingerprint density at radius 3 is 1.86 bits per heavy atom. The summed E-state index contributed by atoms with van der Waals surface area (Å²) in [5, 5.41) is 0. The third kappa shape index (κ3) is 30.0. The van der Waals surface area contributed by atoms with Crippen molar-refractivity contribution in [1.82, 2.24) is 0 Å². The lowest BCUT2D eigenvalue weighted by Gasteiger charge is -2.19. The van der Waals surface area contributed by atoms with E-state index in [2.05, 4.69) is 62.5 Å². The largest absolute Gasteiger partial charge is 0.472 e. The molecule has 0 bridgehead atoms. The van der Waals surface area contributed by atoms with E-state index in [1.807, 2.05) is 0 Å². The van der Waals surface area contributed by atoms with Crippen molar-refractivity contribution in [2.45, 2.75) is 129 Å². The highest BCUT2D eigenvalue weighted by Crippen LogP contribution is 2.43. The van der Waals surface area contributed by atoms with Crippen molar-refractivity contribution in [2.75, 3.05) is 26.4 Å². The van der Waals surface area contributed by atoms with Crippen molar-refractivity contribution in [2.24, 2.45) is 5.73 Å². The Kier molecular flexibility index (Phi) is 29.5. The SMILES string of the molecule is CC/C=C/C/C=C/C/C=C/C/C=C/CCCCC(=O)OC[C@@H](COP(=O)(O)OCCN)OC(=O)CCCCCCCCCC. The number of phosphoric acid groups is 1. The molecule has 0 fully saturated rings. The van der Waals surface area contributed by atoms with Crippen molar-refractivity contribution in [3.63, 3.8) is 0 Å². The molecule has 0 aromatic carbocycles. The number of hydrogen-bond acceptors (Lipinski definition) is 8. The number of phosphoric ester groups is 1. The summed E-state index contributed by atoms with van der Waals surface area (Å²) in [6.45, 7) is 3.49. The summed E-state index contributed by atoms with van der Waals surface area (Å²) < 4.78 is 32.4. The topological polar surface area (TPSA) is 134 Å². The first-order valence-electron chi connectivity index (χ1n) is 16.6. The second-order valence-corrected chi connectivity index (χ2v) is 12.1. The van der Waals surface area contributed by atoms with Crippen LogP contribution < -0.4 is 5.73 Å². The Balaban J connectivity index is 4.35. The van der Waals surface area contributed by atoms with Crippen LogP contribution in [0.1, 0.15) is 123 Å². The molecule has 0 heterocycles. The van der Waals surface area contributed by atoms with Crippen LogP contribution in [-0.4, -0.2) is 49.3 Å². The van der Waals surface area contributed by atoms with Crippen LogP contribution in [0.25, 0.3) is 0 Å². The molecule has 2 atom stereocenters. The lowest BCUT2D eigenvalue weighted by molar-refractivity contribution is -0.161. The van der Waals surface area contributed by atoms with Crippen LogP contribution >= 0.6 is 7.82 Å². The number of unbranched alkanes of at least 4 members (excludes halogenated alkanes) is 9. The second-order valence-electron chi connectivity index (χ2n) is 10.7. The number of nitrogens with two attached hydrogens (primary N) is 1. The summed E-state index contributed by atoms with van der Waals surface area (Å²) in [5.41, 5.74) is 5.30. The molecule has 0 saturated carbocycles. The zero-order chi connectivity index (χ0) is 32.6. The van der Waals surface area contributed by atoms with Gasteiger partial charge in [0.25, 0.3) is 0 Å². The molecule has 9 nitrogen and oxygen atoms in total. The zero-order valence-electron chi connectivity index (χ0n) is 27.4. The summed E-state index contributed by atoms with van der Waals surface area (Å²) in [6, 6.07) is 0. The Bertz CT molecular complexity index is 871. The summed E-state index contributed by atoms with van der Waals surface area (Å²) in [4.78, 5) is 34.4. The molecule has 0 aliphatic heterocycles. The number of ether oxygens (including phenoxy) is 2. The molecule has 3 N–H and O–H groups in total. The van der Waals surface area contributed by atoms with Gasteiger partial charge in [0.1, 0.15) is 6.61 Å². The van der Waals surface area contributed by atoms with Crippen LogP contribution in [0, 0.1) is 0 Å². The monoisotopic (exact) mass is 641 g/mol. The fourth-order valence-electron chi connectivity index (χ4n) is 4.03. The molecule has 0 aliphatic carbocycles. The van der Waals surface area contributed by atoms with Crippen LogP contribution in [0.15, 0.2) is 48.6 Å². The zero-order valence-corrected chi connectivity index (χ0v) is 28.3. The van der Waals surface area contributed by atoms with Crippen molar-refractivity contribution >= 4 is 19.8 Å². The molecule has 0 spiro atoms. The minimum absolute atomic E-state index is 0.0465. The van der Waals surface area contributed by atoms with E-state index < -0.39 is 32.5 Å². The maximum Gasteiger partial charge on any atom is 0.472 e. The molecule has 1 unspecified atom stereocenters. The third-order valence-electron chi connectivity index (χ3n) is 6.48. The average molecular weight is 642 g/mol.